The van der Waals surface area contributed by atoms with Crippen molar-refractivity contribution in [1.82, 2.24) is 10.1 Å². The normalized spacial score (nSPS) is 12.9. The molecular formula is C7H10N2O3. The molecule has 0 aliphatic carbocycles. The van der Waals surface area contributed by atoms with Crippen molar-refractivity contribution in [3.05, 3.63) is 11.7 Å². The molecule has 1 unspecified atom stereocenters. The Balaban J connectivity index is 2.84. The maximum Gasteiger partial charge on any atom is 0.293 e. The molecule has 1 aromatic rings. The largest absolute Gasteiger partial charge is 0.374 e. The standard InChI is InChI=1S/C7H10N2O3/c1-4(10)7-8-6(9-12-7)5(2)11-3/h5H,1-3H3. The van der Waals surface area contributed by atoms with Gasteiger partial charge in [0.15, 0.2) is 0 Å². The fourth-order valence-corrected chi connectivity index (χ4v) is 0.648. The Labute approximate surface area is 69.7 Å². The van der Waals surface area contributed by atoms with Crippen LogP contribution in [0.1, 0.15) is 36.5 Å². The minimum absolute atomic E-state index is 0.0221. The van der Waals surface area contributed by atoms with Crippen LogP contribution < -0.4 is 0 Å². The highest BCUT2D eigenvalue weighted by Gasteiger charge is 2.14. The molecule has 5 heteroatoms. The number of carbonyl (C=O) groups is 1. The molecule has 1 heterocycles. The first kappa shape index (κ1) is 8.86. The Hall–Kier alpha value is -1.23. The van der Waals surface area contributed by atoms with E-state index in [4.69, 9.17) is 4.74 Å². The third kappa shape index (κ3) is 1.68. The van der Waals surface area contributed by atoms with E-state index in [1.54, 1.807) is 6.92 Å². The van der Waals surface area contributed by atoms with Gasteiger partial charge < -0.3 is 9.26 Å². The lowest BCUT2D eigenvalue weighted by atomic mass is 10.4. The Bertz CT molecular complexity index is 282. The van der Waals surface area contributed by atoms with Crippen molar-refractivity contribution in [3.8, 4) is 0 Å². The summed E-state index contributed by atoms with van der Waals surface area (Å²) in [5.41, 5.74) is 0. The van der Waals surface area contributed by atoms with Crippen LogP contribution in [0.2, 0.25) is 0 Å². The number of ketones is 1. The lowest BCUT2D eigenvalue weighted by molar-refractivity contribution is 0.0970. The van der Waals surface area contributed by atoms with Gasteiger partial charge in [-0.25, -0.2) is 0 Å². The van der Waals surface area contributed by atoms with Gasteiger partial charge >= 0.3 is 0 Å². The summed E-state index contributed by atoms with van der Waals surface area (Å²) in [5, 5.41) is 3.58. The summed E-state index contributed by atoms with van der Waals surface area (Å²) in [6, 6.07) is 0. The van der Waals surface area contributed by atoms with E-state index in [-0.39, 0.29) is 17.8 Å². The van der Waals surface area contributed by atoms with Gasteiger partial charge in [0, 0.05) is 14.0 Å². The van der Waals surface area contributed by atoms with Crippen molar-refractivity contribution in [2.75, 3.05) is 7.11 Å². The number of hydrogen-bond acceptors (Lipinski definition) is 5. The van der Waals surface area contributed by atoms with Crippen molar-refractivity contribution in [2.45, 2.75) is 20.0 Å². The lowest BCUT2D eigenvalue weighted by Gasteiger charge is -2.00. The fraction of sp³-hybridized carbons (Fsp3) is 0.571. The number of ether oxygens (including phenoxy) is 1. The van der Waals surface area contributed by atoms with Crippen LogP contribution in [0, 0.1) is 0 Å². The number of carbonyl (C=O) groups excluding carboxylic acids is 1. The smallest absolute Gasteiger partial charge is 0.293 e. The topological polar surface area (TPSA) is 65.2 Å². The van der Waals surface area contributed by atoms with E-state index in [1.807, 2.05) is 0 Å². The Kier molecular flexibility index (Phi) is 2.54. The first-order chi connectivity index (χ1) is 5.65. The van der Waals surface area contributed by atoms with Crippen LogP contribution in [0.4, 0.5) is 0 Å². The summed E-state index contributed by atoms with van der Waals surface area (Å²) >= 11 is 0. The Morgan fingerprint density at radius 2 is 2.33 bits per heavy atom. The van der Waals surface area contributed by atoms with Crippen LogP contribution >= 0.6 is 0 Å². The van der Waals surface area contributed by atoms with Gasteiger partial charge in [-0.15, -0.1) is 0 Å². The van der Waals surface area contributed by atoms with Gasteiger partial charge in [0.05, 0.1) is 0 Å². The molecule has 0 aliphatic rings. The average Bonchev–Trinajstić information content (AvgIpc) is 2.51. The summed E-state index contributed by atoms with van der Waals surface area (Å²) in [5.74, 6) is 0.175. The molecule has 0 bridgehead atoms. The second-order valence-corrected chi connectivity index (χ2v) is 2.39. The molecule has 1 aromatic heterocycles. The minimum atomic E-state index is -0.248. The molecule has 0 N–H and O–H groups in total. The zero-order valence-corrected chi connectivity index (χ0v) is 7.20. The summed E-state index contributed by atoms with van der Waals surface area (Å²) in [7, 11) is 1.54. The van der Waals surface area contributed by atoms with Gasteiger partial charge in [0.1, 0.15) is 6.10 Å². The van der Waals surface area contributed by atoms with Crippen molar-refractivity contribution in [1.29, 1.82) is 0 Å². The van der Waals surface area contributed by atoms with Crippen LogP contribution in [-0.4, -0.2) is 23.0 Å². The number of nitrogens with zero attached hydrogens (tertiary/aromatic N) is 2. The molecule has 0 spiro atoms. The molecule has 5 nitrogen and oxygen atoms in total. The van der Waals surface area contributed by atoms with E-state index in [1.165, 1.54) is 14.0 Å². The van der Waals surface area contributed by atoms with Gasteiger partial charge in [0.2, 0.25) is 11.6 Å². The minimum Gasteiger partial charge on any atom is -0.374 e. The molecule has 0 radical (unpaired) electrons. The lowest BCUT2D eigenvalue weighted by Crippen LogP contribution is -1.99. The Morgan fingerprint density at radius 3 is 2.75 bits per heavy atom. The zero-order chi connectivity index (χ0) is 9.14. The van der Waals surface area contributed by atoms with Crippen LogP contribution in [-0.2, 0) is 4.74 Å². The molecule has 1 atom stereocenters. The summed E-state index contributed by atoms with van der Waals surface area (Å²) in [6.45, 7) is 3.14. The van der Waals surface area contributed by atoms with E-state index in [9.17, 15) is 4.79 Å². The molecule has 1 rings (SSSR count). The van der Waals surface area contributed by atoms with Gasteiger partial charge in [-0.05, 0) is 6.92 Å². The Morgan fingerprint density at radius 1 is 1.67 bits per heavy atom. The van der Waals surface area contributed by atoms with Gasteiger partial charge in [-0.1, -0.05) is 5.16 Å². The van der Waals surface area contributed by atoms with Gasteiger partial charge in [-0.3, -0.25) is 4.79 Å². The predicted octanol–water partition coefficient (Wildman–Crippen LogP) is 0.980. The van der Waals surface area contributed by atoms with Gasteiger partial charge in [0.25, 0.3) is 5.89 Å². The molecule has 0 aliphatic heterocycles. The van der Waals surface area contributed by atoms with Crippen molar-refractivity contribution < 1.29 is 14.1 Å². The average molecular weight is 170 g/mol. The summed E-state index contributed by atoms with van der Waals surface area (Å²) < 4.78 is 9.59. The second kappa shape index (κ2) is 3.44. The molecule has 0 saturated heterocycles. The van der Waals surface area contributed by atoms with E-state index in [0.717, 1.165) is 0 Å². The molecule has 12 heavy (non-hydrogen) atoms. The summed E-state index contributed by atoms with van der Waals surface area (Å²) in [6.07, 6.45) is -0.248. The molecule has 0 amide bonds. The number of rotatable bonds is 3. The monoisotopic (exact) mass is 170 g/mol. The SMILES string of the molecule is COC(C)c1noc(C(C)=O)n1. The van der Waals surface area contributed by atoms with E-state index in [2.05, 4.69) is 14.7 Å². The van der Waals surface area contributed by atoms with Crippen LogP contribution in [0.25, 0.3) is 0 Å². The highest BCUT2D eigenvalue weighted by atomic mass is 16.5. The zero-order valence-electron chi connectivity index (χ0n) is 7.20. The van der Waals surface area contributed by atoms with E-state index >= 15 is 0 Å². The maximum absolute atomic E-state index is 10.7. The summed E-state index contributed by atoms with van der Waals surface area (Å²) in [4.78, 5) is 14.6. The quantitative estimate of drug-likeness (QED) is 0.632. The molecular weight excluding hydrogens is 160 g/mol. The second-order valence-electron chi connectivity index (χ2n) is 2.39. The van der Waals surface area contributed by atoms with Gasteiger partial charge in [-0.2, -0.15) is 4.98 Å². The molecule has 66 valence electrons. The van der Waals surface area contributed by atoms with Crippen molar-refractivity contribution in [3.63, 3.8) is 0 Å². The number of hydrogen-bond donors (Lipinski definition) is 0. The maximum atomic E-state index is 10.7. The third-order valence-corrected chi connectivity index (χ3v) is 1.46. The fourth-order valence-electron chi connectivity index (χ4n) is 0.648. The van der Waals surface area contributed by atoms with Crippen LogP contribution in [0.15, 0.2) is 4.52 Å². The van der Waals surface area contributed by atoms with E-state index < -0.39 is 0 Å². The highest BCUT2D eigenvalue weighted by Crippen LogP contribution is 2.11. The van der Waals surface area contributed by atoms with Crippen molar-refractivity contribution >= 4 is 5.78 Å². The van der Waals surface area contributed by atoms with Crippen LogP contribution in [0.5, 0.6) is 0 Å². The van der Waals surface area contributed by atoms with E-state index in [0.29, 0.717) is 5.82 Å². The van der Waals surface area contributed by atoms with Crippen LogP contribution in [0.3, 0.4) is 0 Å². The number of methoxy groups -OCH3 is 1. The molecule has 0 fully saturated rings. The number of aromatic nitrogens is 2. The predicted molar refractivity (Wildman–Crippen MR) is 39.7 cm³/mol. The van der Waals surface area contributed by atoms with Crippen molar-refractivity contribution in [2.24, 2.45) is 0 Å². The first-order valence-corrected chi connectivity index (χ1v) is 3.52. The number of Topliss-reactive ketones (excluding diaryl/α,β-unsaturated/α-hetero) is 1. The molecule has 0 aromatic carbocycles. The molecule has 0 saturated carbocycles. The highest BCUT2D eigenvalue weighted by molar-refractivity contribution is 5.89. The first-order valence-electron chi connectivity index (χ1n) is 3.52. The third-order valence-electron chi connectivity index (χ3n) is 1.46.